The molecule has 0 aliphatic carbocycles. The van der Waals surface area contributed by atoms with Crippen LogP contribution >= 0.6 is 0 Å². The minimum absolute atomic E-state index is 0.609. The van der Waals surface area contributed by atoms with Gasteiger partial charge in [-0.25, -0.2) is 15.0 Å². The van der Waals surface area contributed by atoms with Crippen LogP contribution in [0.2, 0.25) is 0 Å². The van der Waals surface area contributed by atoms with Crippen molar-refractivity contribution in [3.05, 3.63) is 152 Å². The first-order valence-electron chi connectivity index (χ1n) is 15.0. The number of rotatable bonds is 4. The Morgan fingerprint density at radius 2 is 0.844 bits per heavy atom. The van der Waals surface area contributed by atoms with Crippen LogP contribution in [-0.2, 0) is 0 Å². The fourth-order valence-electron chi connectivity index (χ4n) is 6.49. The van der Waals surface area contributed by atoms with Crippen molar-refractivity contribution >= 4 is 43.5 Å². The molecule has 0 N–H and O–H groups in total. The number of fused-ring (bicyclic) bond motifs is 5. The van der Waals surface area contributed by atoms with Gasteiger partial charge in [-0.15, -0.1) is 0 Å². The van der Waals surface area contributed by atoms with E-state index in [1.54, 1.807) is 0 Å². The maximum absolute atomic E-state index is 6.22. The summed E-state index contributed by atoms with van der Waals surface area (Å²) in [6, 6.07) is 52.2. The Balaban J connectivity index is 1.31. The molecule has 45 heavy (non-hydrogen) atoms. The summed E-state index contributed by atoms with van der Waals surface area (Å²) in [5, 5.41) is 6.73. The van der Waals surface area contributed by atoms with Crippen LogP contribution in [-0.4, -0.2) is 15.0 Å². The third-order valence-electron chi connectivity index (χ3n) is 8.55. The standard InChI is InChI=1S/C41H25N3O/c1-2-13-27(14-3-1)39-42-40(44-41(43-39)35-23-11-25-37-38(35)34-17-6-7-24-36(34)45-37)33-22-10-20-31-30(19-9-21-32(31)33)29-18-8-15-26-12-4-5-16-28(26)29/h1-25H. The van der Waals surface area contributed by atoms with Crippen molar-refractivity contribution in [3.8, 4) is 45.3 Å². The topological polar surface area (TPSA) is 51.8 Å². The summed E-state index contributed by atoms with van der Waals surface area (Å²) in [5.74, 6) is 1.87. The highest BCUT2D eigenvalue weighted by Gasteiger charge is 2.19. The summed E-state index contributed by atoms with van der Waals surface area (Å²) in [4.78, 5) is 15.3. The normalized spacial score (nSPS) is 11.6. The SMILES string of the molecule is c1ccc(-c2nc(-c3cccc4c(-c5cccc6ccccc56)cccc34)nc(-c3cccc4oc5ccccc5c34)n2)cc1. The van der Waals surface area contributed by atoms with Gasteiger partial charge in [-0.05, 0) is 44.8 Å². The Labute approximate surface area is 259 Å². The fraction of sp³-hybridized carbons (Fsp3) is 0. The molecule has 0 saturated heterocycles. The molecule has 0 aliphatic rings. The lowest BCUT2D eigenvalue weighted by molar-refractivity contribution is 0.669. The van der Waals surface area contributed by atoms with E-state index in [1.807, 2.05) is 60.7 Å². The van der Waals surface area contributed by atoms with Gasteiger partial charge in [0.15, 0.2) is 17.5 Å². The zero-order chi connectivity index (χ0) is 29.7. The van der Waals surface area contributed by atoms with E-state index in [2.05, 4.69) is 91.0 Å². The third kappa shape index (κ3) is 4.19. The highest BCUT2D eigenvalue weighted by molar-refractivity contribution is 6.12. The second kappa shape index (κ2) is 10.2. The van der Waals surface area contributed by atoms with E-state index in [1.165, 1.54) is 21.9 Å². The van der Waals surface area contributed by atoms with E-state index < -0.39 is 0 Å². The molecule has 0 saturated carbocycles. The molecule has 0 atom stereocenters. The largest absolute Gasteiger partial charge is 0.456 e. The van der Waals surface area contributed by atoms with Crippen LogP contribution in [0.4, 0.5) is 0 Å². The van der Waals surface area contributed by atoms with E-state index >= 15 is 0 Å². The molecular formula is C41H25N3O. The molecule has 2 aromatic heterocycles. The molecule has 0 fully saturated rings. The number of furan rings is 1. The first-order valence-corrected chi connectivity index (χ1v) is 15.0. The Morgan fingerprint density at radius 3 is 1.69 bits per heavy atom. The van der Waals surface area contributed by atoms with Gasteiger partial charge in [0.2, 0.25) is 0 Å². The van der Waals surface area contributed by atoms with Crippen LogP contribution < -0.4 is 0 Å². The number of nitrogens with zero attached hydrogens (tertiary/aromatic N) is 3. The van der Waals surface area contributed by atoms with Gasteiger partial charge >= 0.3 is 0 Å². The molecule has 210 valence electrons. The summed E-state index contributed by atoms with van der Waals surface area (Å²) in [6.45, 7) is 0. The van der Waals surface area contributed by atoms with Crippen LogP contribution in [0, 0.1) is 0 Å². The second-order valence-corrected chi connectivity index (χ2v) is 11.2. The number of aromatic nitrogens is 3. The molecule has 0 unspecified atom stereocenters. The molecule has 0 aliphatic heterocycles. The van der Waals surface area contributed by atoms with Gasteiger partial charge in [-0.3, -0.25) is 0 Å². The predicted octanol–water partition coefficient (Wildman–Crippen LogP) is 10.7. The summed E-state index contributed by atoms with van der Waals surface area (Å²) in [5.41, 5.74) is 6.83. The lowest BCUT2D eigenvalue weighted by Gasteiger charge is -2.14. The van der Waals surface area contributed by atoms with E-state index in [0.29, 0.717) is 17.5 Å². The zero-order valence-corrected chi connectivity index (χ0v) is 24.2. The predicted molar refractivity (Wildman–Crippen MR) is 184 cm³/mol. The Bertz CT molecular complexity index is 2540. The minimum atomic E-state index is 0.609. The molecule has 0 amide bonds. The molecular weight excluding hydrogens is 550 g/mol. The van der Waals surface area contributed by atoms with Crippen molar-refractivity contribution in [1.29, 1.82) is 0 Å². The monoisotopic (exact) mass is 575 g/mol. The molecule has 0 bridgehead atoms. The van der Waals surface area contributed by atoms with Crippen molar-refractivity contribution in [1.82, 2.24) is 15.0 Å². The van der Waals surface area contributed by atoms with Crippen LogP contribution in [0.15, 0.2) is 156 Å². The lowest BCUT2D eigenvalue weighted by atomic mass is 9.92. The molecule has 9 rings (SSSR count). The van der Waals surface area contributed by atoms with Crippen LogP contribution in [0.5, 0.6) is 0 Å². The molecule has 7 aromatic carbocycles. The van der Waals surface area contributed by atoms with Gasteiger partial charge in [0.1, 0.15) is 11.2 Å². The number of para-hydroxylation sites is 1. The number of hydrogen-bond donors (Lipinski definition) is 0. The van der Waals surface area contributed by atoms with Gasteiger partial charge < -0.3 is 4.42 Å². The van der Waals surface area contributed by atoms with Crippen LogP contribution in [0.3, 0.4) is 0 Å². The van der Waals surface area contributed by atoms with Crippen molar-refractivity contribution in [2.45, 2.75) is 0 Å². The molecule has 4 heteroatoms. The summed E-state index contributed by atoms with van der Waals surface area (Å²) in [6.07, 6.45) is 0. The van der Waals surface area contributed by atoms with E-state index in [9.17, 15) is 0 Å². The summed E-state index contributed by atoms with van der Waals surface area (Å²) in [7, 11) is 0. The van der Waals surface area contributed by atoms with Gasteiger partial charge in [-0.1, -0.05) is 140 Å². The molecule has 0 spiro atoms. The Morgan fingerprint density at radius 1 is 0.333 bits per heavy atom. The Hall–Kier alpha value is -6.13. The first-order chi connectivity index (χ1) is 22.3. The fourth-order valence-corrected chi connectivity index (χ4v) is 6.49. The van der Waals surface area contributed by atoms with E-state index in [0.717, 1.165) is 49.4 Å². The second-order valence-electron chi connectivity index (χ2n) is 11.2. The van der Waals surface area contributed by atoms with Crippen molar-refractivity contribution in [2.24, 2.45) is 0 Å². The average Bonchev–Trinajstić information content (AvgIpc) is 3.50. The van der Waals surface area contributed by atoms with Gasteiger partial charge in [0.05, 0.1) is 0 Å². The van der Waals surface area contributed by atoms with Gasteiger partial charge in [-0.2, -0.15) is 0 Å². The first kappa shape index (κ1) is 25.4. The van der Waals surface area contributed by atoms with Crippen molar-refractivity contribution in [2.75, 3.05) is 0 Å². The molecule has 0 radical (unpaired) electrons. The zero-order valence-electron chi connectivity index (χ0n) is 24.2. The number of hydrogen-bond acceptors (Lipinski definition) is 4. The Kier molecular flexibility index (Phi) is 5.78. The summed E-state index contributed by atoms with van der Waals surface area (Å²) < 4.78 is 6.22. The minimum Gasteiger partial charge on any atom is -0.456 e. The van der Waals surface area contributed by atoms with Crippen molar-refractivity contribution < 1.29 is 4.42 Å². The molecule has 4 nitrogen and oxygen atoms in total. The van der Waals surface area contributed by atoms with E-state index in [4.69, 9.17) is 19.4 Å². The molecule has 9 aromatic rings. The van der Waals surface area contributed by atoms with Gasteiger partial charge in [0, 0.05) is 27.5 Å². The highest BCUT2D eigenvalue weighted by Crippen LogP contribution is 2.39. The lowest BCUT2D eigenvalue weighted by Crippen LogP contribution is -2.01. The van der Waals surface area contributed by atoms with E-state index in [-0.39, 0.29) is 0 Å². The van der Waals surface area contributed by atoms with Crippen molar-refractivity contribution in [3.63, 3.8) is 0 Å². The maximum Gasteiger partial charge on any atom is 0.164 e. The van der Waals surface area contributed by atoms with Crippen LogP contribution in [0.25, 0.3) is 88.8 Å². The third-order valence-corrected chi connectivity index (χ3v) is 8.55. The molecule has 2 heterocycles. The number of benzene rings is 7. The smallest absolute Gasteiger partial charge is 0.164 e. The average molecular weight is 576 g/mol. The van der Waals surface area contributed by atoms with Gasteiger partial charge in [0.25, 0.3) is 0 Å². The maximum atomic E-state index is 6.22. The summed E-state index contributed by atoms with van der Waals surface area (Å²) >= 11 is 0. The highest BCUT2D eigenvalue weighted by atomic mass is 16.3. The van der Waals surface area contributed by atoms with Crippen LogP contribution in [0.1, 0.15) is 0 Å². The quantitative estimate of drug-likeness (QED) is 0.209.